The van der Waals surface area contributed by atoms with Crippen LogP contribution in [-0.4, -0.2) is 28.3 Å². The molecular formula is C18H15ClFN5O2. The summed E-state index contributed by atoms with van der Waals surface area (Å²) in [5, 5.41) is 12.1. The monoisotopic (exact) mass is 387 g/mol. The Bertz CT molecular complexity index is 945. The van der Waals surface area contributed by atoms with Crippen LogP contribution in [-0.2, 0) is 4.79 Å². The van der Waals surface area contributed by atoms with E-state index in [0.29, 0.717) is 22.1 Å². The number of benzene rings is 2. The van der Waals surface area contributed by atoms with Crippen molar-refractivity contribution >= 4 is 34.9 Å². The lowest BCUT2D eigenvalue weighted by Crippen LogP contribution is -2.35. The van der Waals surface area contributed by atoms with Gasteiger partial charge in [-0.1, -0.05) is 11.6 Å². The van der Waals surface area contributed by atoms with Gasteiger partial charge in [-0.2, -0.15) is 5.10 Å². The van der Waals surface area contributed by atoms with E-state index in [-0.39, 0.29) is 6.54 Å². The van der Waals surface area contributed by atoms with E-state index in [1.54, 1.807) is 41.3 Å². The molecule has 1 heterocycles. The molecule has 1 aromatic heterocycles. The molecule has 0 spiro atoms. The molecule has 27 heavy (non-hydrogen) atoms. The summed E-state index contributed by atoms with van der Waals surface area (Å²) in [6, 6.07) is 11.5. The third kappa shape index (κ3) is 5.05. The van der Waals surface area contributed by atoms with Crippen LogP contribution < -0.4 is 16.0 Å². The van der Waals surface area contributed by atoms with Crippen molar-refractivity contribution in [2.24, 2.45) is 0 Å². The molecule has 0 unspecified atom stereocenters. The highest BCUT2D eigenvalue weighted by Gasteiger charge is 2.09. The molecule has 0 bridgehead atoms. The molecule has 2 aromatic carbocycles. The lowest BCUT2D eigenvalue weighted by atomic mass is 10.3. The minimum absolute atomic E-state index is 0.248. The van der Waals surface area contributed by atoms with E-state index >= 15 is 0 Å². The number of nitrogens with zero attached hydrogens (tertiary/aromatic N) is 2. The summed E-state index contributed by atoms with van der Waals surface area (Å²) in [6.45, 7) is -0.248. The molecule has 0 radical (unpaired) electrons. The number of amides is 3. The number of carbonyl (C=O) groups excluding carboxylic acids is 2. The minimum atomic E-state index is -0.563. The Morgan fingerprint density at radius 1 is 1.07 bits per heavy atom. The van der Waals surface area contributed by atoms with Crippen molar-refractivity contribution in [1.82, 2.24) is 15.1 Å². The van der Waals surface area contributed by atoms with Crippen LogP contribution >= 0.6 is 11.6 Å². The molecule has 0 saturated carbocycles. The Kier molecular flexibility index (Phi) is 5.68. The SMILES string of the molecule is O=C(CNC(=O)Nc1ccc(-n2cccn2)c(Cl)c1)Nc1ccc(F)cc1. The van der Waals surface area contributed by atoms with E-state index in [1.165, 1.54) is 24.3 Å². The molecule has 3 aromatic rings. The van der Waals surface area contributed by atoms with Crippen LogP contribution in [0.4, 0.5) is 20.6 Å². The minimum Gasteiger partial charge on any atom is -0.329 e. The Hall–Kier alpha value is -3.39. The lowest BCUT2D eigenvalue weighted by Gasteiger charge is -2.10. The number of rotatable bonds is 5. The van der Waals surface area contributed by atoms with Gasteiger partial charge in [0, 0.05) is 23.8 Å². The van der Waals surface area contributed by atoms with Crippen molar-refractivity contribution in [2.75, 3.05) is 17.2 Å². The zero-order valence-electron chi connectivity index (χ0n) is 13.9. The Morgan fingerprint density at radius 3 is 2.48 bits per heavy atom. The first-order chi connectivity index (χ1) is 13.0. The summed E-state index contributed by atoms with van der Waals surface area (Å²) in [7, 11) is 0. The second-order valence-corrected chi connectivity index (χ2v) is 5.89. The summed E-state index contributed by atoms with van der Waals surface area (Å²) in [6.07, 6.45) is 3.38. The van der Waals surface area contributed by atoms with Crippen molar-refractivity contribution in [3.8, 4) is 5.69 Å². The third-order valence-electron chi connectivity index (χ3n) is 3.49. The maximum Gasteiger partial charge on any atom is 0.319 e. The van der Waals surface area contributed by atoms with E-state index in [0.717, 1.165) is 0 Å². The number of anilines is 2. The van der Waals surface area contributed by atoms with Crippen LogP contribution in [0.3, 0.4) is 0 Å². The van der Waals surface area contributed by atoms with Gasteiger partial charge < -0.3 is 16.0 Å². The van der Waals surface area contributed by atoms with Gasteiger partial charge in [-0.15, -0.1) is 0 Å². The van der Waals surface area contributed by atoms with Crippen molar-refractivity contribution in [2.45, 2.75) is 0 Å². The fraction of sp³-hybridized carbons (Fsp3) is 0.0556. The summed E-state index contributed by atoms with van der Waals surface area (Å²) < 4.78 is 14.4. The number of carbonyl (C=O) groups is 2. The largest absolute Gasteiger partial charge is 0.329 e. The van der Waals surface area contributed by atoms with E-state index in [4.69, 9.17) is 11.6 Å². The van der Waals surface area contributed by atoms with Crippen LogP contribution in [0.15, 0.2) is 60.9 Å². The molecule has 0 aliphatic rings. The van der Waals surface area contributed by atoms with Gasteiger partial charge in [0.2, 0.25) is 5.91 Å². The lowest BCUT2D eigenvalue weighted by molar-refractivity contribution is -0.115. The summed E-state index contributed by atoms with van der Waals surface area (Å²) in [5.74, 6) is -0.841. The number of aromatic nitrogens is 2. The summed E-state index contributed by atoms with van der Waals surface area (Å²) in [4.78, 5) is 23.7. The van der Waals surface area contributed by atoms with Crippen LogP contribution in [0.2, 0.25) is 5.02 Å². The van der Waals surface area contributed by atoms with E-state index < -0.39 is 17.8 Å². The maximum absolute atomic E-state index is 12.8. The Labute approximate surface area is 159 Å². The van der Waals surface area contributed by atoms with Crippen LogP contribution in [0, 0.1) is 5.82 Å². The predicted octanol–water partition coefficient (Wildman–Crippen LogP) is 3.43. The molecule has 0 aliphatic carbocycles. The quantitative estimate of drug-likeness (QED) is 0.626. The van der Waals surface area contributed by atoms with Crippen molar-refractivity contribution in [3.63, 3.8) is 0 Å². The van der Waals surface area contributed by atoms with Crippen LogP contribution in [0.1, 0.15) is 0 Å². The van der Waals surface area contributed by atoms with Crippen LogP contribution in [0.25, 0.3) is 5.69 Å². The van der Waals surface area contributed by atoms with Gasteiger partial charge in [0.15, 0.2) is 0 Å². The number of hydrogen-bond acceptors (Lipinski definition) is 3. The van der Waals surface area contributed by atoms with Gasteiger partial charge in [-0.25, -0.2) is 13.9 Å². The smallest absolute Gasteiger partial charge is 0.319 e. The van der Waals surface area contributed by atoms with Crippen molar-refractivity contribution in [1.29, 1.82) is 0 Å². The van der Waals surface area contributed by atoms with Gasteiger partial charge in [-0.3, -0.25) is 4.79 Å². The standard InChI is InChI=1S/C18H15ClFN5O2/c19-15-10-14(6-7-16(15)25-9-1-8-22-25)24-18(27)21-11-17(26)23-13-4-2-12(20)3-5-13/h1-10H,11H2,(H,23,26)(H2,21,24,27). The molecule has 138 valence electrons. The van der Waals surface area contributed by atoms with Gasteiger partial charge >= 0.3 is 6.03 Å². The zero-order valence-corrected chi connectivity index (χ0v) is 14.7. The predicted molar refractivity (Wildman–Crippen MR) is 101 cm³/mol. The molecule has 3 amide bonds. The van der Waals surface area contributed by atoms with Gasteiger partial charge in [0.1, 0.15) is 5.82 Å². The molecule has 0 atom stereocenters. The molecule has 3 rings (SSSR count). The normalized spacial score (nSPS) is 10.3. The van der Waals surface area contributed by atoms with Gasteiger partial charge in [0.25, 0.3) is 0 Å². The fourth-order valence-corrected chi connectivity index (χ4v) is 2.52. The molecule has 0 aliphatic heterocycles. The average Bonchev–Trinajstić information content (AvgIpc) is 3.16. The molecule has 9 heteroatoms. The first-order valence-corrected chi connectivity index (χ1v) is 8.29. The van der Waals surface area contributed by atoms with Crippen molar-refractivity contribution in [3.05, 3.63) is 71.8 Å². The maximum atomic E-state index is 12.8. The number of hydrogen-bond donors (Lipinski definition) is 3. The van der Waals surface area contributed by atoms with E-state index in [2.05, 4.69) is 21.0 Å². The summed E-state index contributed by atoms with van der Waals surface area (Å²) >= 11 is 6.21. The molecule has 0 fully saturated rings. The fourth-order valence-electron chi connectivity index (χ4n) is 2.26. The second-order valence-electron chi connectivity index (χ2n) is 5.48. The van der Waals surface area contributed by atoms with Crippen molar-refractivity contribution < 1.29 is 14.0 Å². The Balaban J connectivity index is 1.51. The molecule has 0 saturated heterocycles. The molecular weight excluding hydrogens is 373 g/mol. The first-order valence-electron chi connectivity index (χ1n) is 7.91. The van der Waals surface area contributed by atoms with Gasteiger partial charge in [-0.05, 0) is 48.5 Å². The zero-order chi connectivity index (χ0) is 19.2. The summed E-state index contributed by atoms with van der Waals surface area (Å²) in [5.41, 5.74) is 1.57. The van der Waals surface area contributed by atoms with E-state index in [9.17, 15) is 14.0 Å². The topological polar surface area (TPSA) is 88.1 Å². The number of nitrogens with one attached hydrogen (secondary N) is 3. The Morgan fingerprint density at radius 2 is 1.81 bits per heavy atom. The van der Waals surface area contributed by atoms with Crippen LogP contribution in [0.5, 0.6) is 0 Å². The third-order valence-corrected chi connectivity index (χ3v) is 3.80. The molecule has 7 nitrogen and oxygen atoms in total. The highest BCUT2D eigenvalue weighted by Crippen LogP contribution is 2.23. The highest BCUT2D eigenvalue weighted by atomic mass is 35.5. The highest BCUT2D eigenvalue weighted by molar-refractivity contribution is 6.32. The number of urea groups is 1. The van der Waals surface area contributed by atoms with Gasteiger partial charge in [0.05, 0.1) is 17.3 Å². The van der Waals surface area contributed by atoms with E-state index in [1.807, 2.05) is 0 Å². The second kappa shape index (κ2) is 8.33. The number of halogens is 2. The first kappa shape index (κ1) is 18.4. The average molecular weight is 388 g/mol. The molecule has 3 N–H and O–H groups in total.